The van der Waals surface area contributed by atoms with Crippen LogP contribution in [0.5, 0.6) is 0 Å². The Balaban J connectivity index is 2.65. The third-order valence-corrected chi connectivity index (χ3v) is 2.15. The Morgan fingerprint density at radius 3 is 2.87 bits per heavy atom. The Kier molecular flexibility index (Phi) is 4.68. The summed E-state index contributed by atoms with van der Waals surface area (Å²) >= 11 is 5.72. The molecule has 0 saturated heterocycles. The predicted molar refractivity (Wildman–Crippen MR) is 57.7 cm³/mol. The molecule has 0 bridgehead atoms. The van der Waals surface area contributed by atoms with Gasteiger partial charge in [0.2, 0.25) is 0 Å². The minimum atomic E-state index is -0.452. The Morgan fingerprint density at radius 1 is 1.53 bits per heavy atom. The highest BCUT2D eigenvalue weighted by Crippen LogP contribution is 2.17. The highest BCUT2D eigenvalue weighted by molar-refractivity contribution is 6.34. The highest BCUT2D eigenvalue weighted by Gasteiger charge is 2.10. The van der Waals surface area contributed by atoms with Gasteiger partial charge in [0.1, 0.15) is 5.82 Å². The molecule has 0 atom stereocenters. The second-order valence-electron chi connectivity index (χ2n) is 3.01. The van der Waals surface area contributed by atoms with Crippen LogP contribution in [0.2, 0.25) is 5.02 Å². The zero-order valence-electron chi connectivity index (χ0n) is 8.09. The summed E-state index contributed by atoms with van der Waals surface area (Å²) < 4.78 is 12.7. The summed E-state index contributed by atoms with van der Waals surface area (Å²) in [4.78, 5) is 11.5. The lowest BCUT2D eigenvalue weighted by molar-refractivity contribution is 0.0991. The van der Waals surface area contributed by atoms with E-state index in [1.807, 2.05) is 0 Å². The fourth-order valence-electron chi connectivity index (χ4n) is 1.11. The van der Waals surface area contributed by atoms with Crippen molar-refractivity contribution >= 4 is 17.4 Å². The number of halogens is 2. The number of hydrogen-bond donors (Lipinski definition) is 2. The van der Waals surface area contributed by atoms with Gasteiger partial charge in [0.15, 0.2) is 5.78 Å². The van der Waals surface area contributed by atoms with Gasteiger partial charge in [0.05, 0.1) is 11.6 Å². The average molecular weight is 231 g/mol. The van der Waals surface area contributed by atoms with Gasteiger partial charge in [-0.2, -0.15) is 0 Å². The summed E-state index contributed by atoms with van der Waals surface area (Å²) in [6, 6.07) is 3.71. The molecule has 1 aromatic carbocycles. The van der Waals surface area contributed by atoms with E-state index in [0.29, 0.717) is 18.7 Å². The lowest BCUT2D eigenvalue weighted by Gasteiger charge is -2.04. The molecule has 0 saturated carbocycles. The Hall–Kier alpha value is -0.970. The molecule has 3 nitrogen and oxygen atoms in total. The van der Waals surface area contributed by atoms with Crippen molar-refractivity contribution in [3.8, 4) is 0 Å². The van der Waals surface area contributed by atoms with Gasteiger partial charge in [-0.1, -0.05) is 11.6 Å². The van der Waals surface area contributed by atoms with Crippen LogP contribution < -0.4 is 11.1 Å². The van der Waals surface area contributed by atoms with Gasteiger partial charge < -0.3 is 11.1 Å². The van der Waals surface area contributed by atoms with Crippen LogP contribution in [0.15, 0.2) is 18.2 Å². The molecule has 0 fully saturated rings. The van der Waals surface area contributed by atoms with E-state index in [4.69, 9.17) is 17.3 Å². The number of carbonyl (C=O) groups excluding carboxylic acids is 1. The molecule has 1 rings (SSSR count). The smallest absolute Gasteiger partial charge is 0.178 e. The number of nitrogens with two attached hydrogens (primary N) is 1. The summed E-state index contributed by atoms with van der Waals surface area (Å²) in [6.45, 7) is 1.18. The first-order chi connectivity index (χ1) is 7.15. The number of ketones is 1. The van der Waals surface area contributed by atoms with E-state index < -0.39 is 5.82 Å². The number of rotatable bonds is 5. The molecule has 3 N–H and O–H groups in total. The molecule has 0 spiro atoms. The summed E-state index contributed by atoms with van der Waals surface area (Å²) in [5, 5.41) is 2.98. The van der Waals surface area contributed by atoms with Crippen molar-refractivity contribution in [2.45, 2.75) is 0 Å². The fraction of sp³-hybridized carbons (Fsp3) is 0.300. The summed E-state index contributed by atoms with van der Waals surface area (Å²) in [7, 11) is 0. The molecular formula is C10H12ClFN2O. The first-order valence-corrected chi connectivity index (χ1v) is 4.92. The maximum absolute atomic E-state index is 12.7. The van der Waals surface area contributed by atoms with E-state index in [9.17, 15) is 9.18 Å². The Bertz CT molecular complexity index is 357. The largest absolute Gasteiger partial charge is 0.329 e. The second kappa shape index (κ2) is 5.80. The number of nitrogens with one attached hydrogen (secondary N) is 1. The van der Waals surface area contributed by atoms with Crippen LogP contribution in [0.4, 0.5) is 4.39 Å². The molecule has 0 heterocycles. The third-order valence-electron chi connectivity index (χ3n) is 1.84. The molecule has 0 amide bonds. The van der Waals surface area contributed by atoms with Crippen LogP contribution >= 0.6 is 11.6 Å². The van der Waals surface area contributed by atoms with Crippen molar-refractivity contribution in [2.24, 2.45) is 5.73 Å². The third kappa shape index (κ3) is 3.58. The van der Waals surface area contributed by atoms with Crippen molar-refractivity contribution < 1.29 is 9.18 Å². The SMILES string of the molecule is NCCNCC(=O)c1ccc(F)cc1Cl. The number of hydrogen-bond acceptors (Lipinski definition) is 3. The maximum atomic E-state index is 12.7. The Morgan fingerprint density at radius 2 is 2.27 bits per heavy atom. The van der Waals surface area contributed by atoms with Crippen molar-refractivity contribution in [3.63, 3.8) is 0 Å². The molecular weight excluding hydrogens is 219 g/mol. The van der Waals surface area contributed by atoms with E-state index in [1.165, 1.54) is 12.1 Å². The van der Waals surface area contributed by atoms with Crippen LogP contribution in [-0.2, 0) is 0 Å². The molecule has 0 radical (unpaired) electrons. The fourth-order valence-corrected chi connectivity index (χ4v) is 1.39. The van der Waals surface area contributed by atoms with Crippen molar-refractivity contribution in [2.75, 3.05) is 19.6 Å². The predicted octanol–water partition coefficient (Wildman–Crippen LogP) is 1.21. The summed E-state index contributed by atoms with van der Waals surface area (Å²) in [5.41, 5.74) is 5.58. The molecule has 0 unspecified atom stereocenters. The summed E-state index contributed by atoms with van der Waals surface area (Å²) in [5.74, 6) is -0.625. The van der Waals surface area contributed by atoms with Crippen LogP contribution in [-0.4, -0.2) is 25.4 Å². The quantitative estimate of drug-likeness (QED) is 0.591. The van der Waals surface area contributed by atoms with Crippen LogP contribution in [0, 0.1) is 5.82 Å². The molecule has 0 aromatic heterocycles. The Labute approximate surface area is 92.4 Å². The van der Waals surface area contributed by atoms with Gasteiger partial charge in [0.25, 0.3) is 0 Å². The number of carbonyl (C=O) groups is 1. The molecule has 0 aliphatic rings. The van der Waals surface area contributed by atoms with Gasteiger partial charge in [-0.3, -0.25) is 4.79 Å². The average Bonchev–Trinajstić information content (AvgIpc) is 2.17. The van der Waals surface area contributed by atoms with Crippen LogP contribution in [0.3, 0.4) is 0 Å². The molecule has 5 heteroatoms. The lowest BCUT2D eigenvalue weighted by atomic mass is 10.1. The first-order valence-electron chi connectivity index (χ1n) is 4.54. The highest BCUT2D eigenvalue weighted by atomic mass is 35.5. The monoisotopic (exact) mass is 230 g/mol. The molecule has 1 aromatic rings. The molecule has 15 heavy (non-hydrogen) atoms. The molecule has 82 valence electrons. The standard InChI is InChI=1S/C10H12ClFN2O/c11-9-5-7(12)1-2-8(9)10(15)6-14-4-3-13/h1-2,5,14H,3-4,6,13H2. The van der Waals surface area contributed by atoms with Crippen LogP contribution in [0.1, 0.15) is 10.4 Å². The second-order valence-corrected chi connectivity index (χ2v) is 3.42. The van der Waals surface area contributed by atoms with Gasteiger partial charge in [0, 0.05) is 18.7 Å². The molecule has 0 aliphatic heterocycles. The summed E-state index contributed by atoms with van der Waals surface area (Å²) in [6.07, 6.45) is 0. The zero-order chi connectivity index (χ0) is 11.3. The van der Waals surface area contributed by atoms with Gasteiger partial charge in [-0.25, -0.2) is 4.39 Å². The van der Waals surface area contributed by atoms with Crippen molar-refractivity contribution in [1.82, 2.24) is 5.32 Å². The minimum absolute atomic E-state index is 0.134. The van der Waals surface area contributed by atoms with Gasteiger partial charge >= 0.3 is 0 Å². The van der Waals surface area contributed by atoms with E-state index in [2.05, 4.69) is 5.32 Å². The van der Waals surface area contributed by atoms with E-state index in [0.717, 1.165) is 6.07 Å². The van der Waals surface area contributed by atoms with Crippen molar-refractivity contribution in [1.29, 1.82) is 0 Å². The zero-order valence-corrected chi connectivity index (χ0v) is 8.85. The number of benzene rings is 1. The van der Waals surface area contributed by atoms with E-state index in [1.54, 1.807) is 0 Å². The topological polar surface area (TPSA) is 55.1 Å². The van der Waals surface area contributed by atoms with E-state index >= 15 is 0 Å². The normalized spacial score (nSPS) is 10.3. The van der Waals surface area contributed by atoms with Crippen molar-refractivity contribution in [3.05, 3.63) is 34.6 Å². The van der Waals surface area contributed by atoms with Gasteiger partial charge in [-0.15, -0.1) is 0 Å². The first kappa shape index (κ1) is 12.1. The lowest BCUT2D eigenvalue weighted by Crippen LogP contribution is -2.28. The van der Waals surface area contributed by atoms with Crippen LogP contribution in [0.25, 0.3) is 0 Å². The minimum Gasteiger partial charge on any atom is -0.329 e. The maximum Gasteiger partial charge on any atom is 0.178 e. The number of Topliss-reactive ketones (excluding diaryl/α,β-unsaturated/α-hetero) is 1. The van der Waals surface area contributed by atoms with Gasteiger partial charge in [-0.05, 0) is 18.2 Å². The van der Waals surface area contributed by atoms with E-state index in [-0.39, 0.29) is 17.4 Å². The molecule has 0 aliphatic carbocycles.